The van der Waals surface area contributed by atoms with Crippen LogP contribution in [-0.4, -0.2) is 5.91 Å². The molecular weight excluding hydrogens is 385 g/mol. The molecule has 2 rings (SSSR count). The number of nitrogens with one attached hydrogen (secondary N) is 1. The van der Waals surface area contributed by atoms with Gasteiger partial charge >= 0.3 is 0 Å². The van der Waals surface area contributed by atoms with Gasteiger partial charge in [-0.1, -0.05) is 43.1 Å². The van der Waals surface area contributed by atoms with Gasteiger partial charge in [0.2, 0.25) is 0 Å². The van der Waals surface area contributed by atoms with Crippen molar-refractivity contribution in [1.29, 1.82) is 0 Å². The molecule has 0 saturated carbocycles. The second-order valence-electron chi connectivity index (χ2n) is 4.49. The van der Waals surface area contributed by atoms with Crippen molar-refractivity contribution < 1.29 is 4.79 Å². The summed E-state index contributed by atoms with van der Waals surface area (Å²) < 4.78 is 0.937. The number of anilines is 1. The van der Waals surface area contributed by atoms with Crippen LogP contribution in [0, 0.1) is 3.57 Å². The minimum absolute atomic E-state index is 0.133. The fraction of sp³-hybridized carbons (Fsp3) is 0.188. The highest BCUT2D eigenvalue weighted by atomic mass is 127. The van der Waals surface area contributed by atoms with Crippen LogP contribution < -0.4 is 5.32 Å². The molecule has 0 aliphatic rings. The summed E-state index contributed by atoms with van der Waals surface area (Å²) in [7, 11) is 0. The van der Waals surface area contributed by atoms with E-state index < -0.39 is 0 Å². The zero-order valence-electron chi connectivity index (χ0n) is 11.1. The van der Waals surface area contributed by atoms with Crippen LogP contribution in [0.5, 0.6) is 0 Å². The van der Waals surface area contributed by atoms with Crippen LogP contribution in [0.4, 0.5) is 5.69 Å². The number of hydrogen-bond acceptors (Lipinski definition) is 1. The quantitative estimate of drug-likeness (QED) is 0.708. The monoisotopic (exact) mass is 399 g/mol. The number of hydrogen-bond donors (Lipinski definition) is 1. The molecule has 1 amide bonds. The summed E-state index contributed by atoms with van der Waals surface area (Å²) in [5, 5.41) is 3.56. The molecule has 20 heavy (non-hydrogen) atoms. The van der Waals surface area contributed by atoms with Crippen LogP contribution in [0.3, 0.4) is 0 Å². The van der Waals surface area contributed by atoms with Crippen molar-refractivity contribution in [3.63, 3.8) is 0 Å². The van der Waals surface area contributed by atoms with Crippen molar-refractivity contribution >= 4 is 45.8 Å². The average Bonchev–Trinajstić information content (AvgIpc) is 2.44. The minimum Gasteiger partial charge on any atom is -0.322 e. The Morgan fingerprint density at radius 3 is 2.70 bits per heavy atom. The first kappa shape index (κ1) is 15.3. The molecule has 0 saturated heterocycles. The fourth-order valence-corrected chi connectivity index (χ4v) is 2.48. The van der Waals surface area contributed by atoms with E-state index in [4.69, 9.17) is 11.6 Å². The molecule has 0 bridgehead atoms. The van der Waals surface area contributed by atoms with Gasteiger partial charge < -0.3 is 5.32 Å². The first-order valence-electron chi connectivity index (χ1n) is 6.46. The molecule has 0 heterocycles. The van der Waals surface area contributed by atoms with E-state index in [-0.39, 0.29) is 5.91 Å². The summed E-state index contributed by atoms with van der Waals surface area (Å²) in [6.45, 7) is 2.12. The van der Waals surface area contributed by atoms with Crippen molar-refractivity contribution in [2.45, 2.75) is 19.8 Å². The van der Waals surface area contributed by atoms with E-state index in [0.717, 1.165) is 27.7 Å². The zero-order valence-corrected chi connectivity index (χ0v) is 14.0. The van der Waals surface area contributed by atoms with E-state index in [1.807, 2.05) is 30.3 Å². The third-order valence-electron chi connectivity index (χ3n) is 2.97. The van der Waals surface area contributed by atoms with Gasteiger partial charge in [-0.25, -0.2) is 0 Å². The van der Waals surface area contributed by atoms with E-state index in [2.05, 4.69) is 34.8 Å². The summed E-state index contributed by atoms with van der Waals surface area (Å²) >= 11 is 8.20. The molecule has 0 aliphatic carbocycles. The van der Waals surface area contributed by atoms with Gasteiger partial charge in [-0.15, -0.1) is 0 Å². The zero-order chi connectivity index (χ0) is 14.5. The number of amides is 1. The maximum Gasteiger partial charge on any atom is 0.255 e. The van der Waals surface area contributed by atoms with E-state index in [9.17, 15) is 4.79 Å². The molecule has 1 N–H and O–H groups in total. The molecule has 2 aromatic carbocycles. The number of benzene rings is 2. The highest BCUT2D eigenvalue weighted by molar-refractivity contribution is 14.1. The number of carbonyl (C=O) groups is 1. The molecule has 2 nitrogen and oxygen atoms in total. The summed E-state index contributed by atoms with van der Waals surface area (Å²) in [4.78, 5) is 12.3. The highest BCUT2D eigenvalue weighted by Gasteiger charge is 2.10. The standard InChI is InChI=1S/C16H15ClINO/c1-2-5-11-6-3-4-7-15(11)19-16(20)12-8-9-14(18)13(17)10-12/h3-4,6-10H,2,5H2,1H3,(H,19,20). The number of carbonyl (C=O) groups excluding carboxylic acids is 1. The lowest BCUT2D eigenvalue weighted by Gasteiger charge is -2.10. The van der Waals surface area contributed by atoms with Crippen LogP contribution in [0.1, 0.15) is 29.3 Å². The predicted octanol–water partition coefficient (Wildman–Crippen LogP) is 5.15. The van der Waals surface area contributed by atoms with Crippen molar-refractivity contribution in [3.8, 4) is 0 Å². The van der Waals surface area contributed by atoms with Crippen LogP contribution in [0.2, 0.25) is 5.02 Å². The van der Waals surface area contributed by atoms with Gasteiger partial charge in [-0.2, -0.15) is 0 Å². The van der Waals surface area contributed by atoms with Crippen molar-refractivity contribution in [1.82, 2.24) is 0 Å². The fourth-order valence-electron chi connectivity index (χ4n) is 1.96. The minimum atomic E-state index is -0.133. The van der Waals surface area contributed by atoms with Crippen LogP contribution >= 0.6 is 34.2 Å². The Bertz CT molecular complexity index is 628. The number of rotatable bonds is 4. The largest absolute Gasteiger partial charge is 0.322 e. The normalized spacial score (nSPS) is 10.3. The summed E-state index contributed by atoms with van der Waals surface area (Å²) in [5.74, 6) is -0.133. The van der Waals surface area contributed by atoms with E-state index >= 15 is 0 Å². The highest BCUT2D eigenvalue weighted by Crippen LogP contribution is 2.22. The summed E-state index contributed by atoms with van der Waals surface area (Å²) in [6.07, 6.45) is 1.99. The molecule has 0 aliphatic heterocycles. The lowest BCUT2D eigenvalue weighted by molar-refractivity contribution is 0.102. The maximum absolute atomic E-state index is 12.3. The second kappa shape index (κ2) is 7.09. The second-order valence-corrected chi connectivity index (χ2v) is 6.06. The van der Waals surface area contributed by atoms with E-state index in [0.29, 0.717) is 10.6 Å². The lowest BCUT2D eigenvalue weighted by Crippen LogP contribution is -2.13. The van der Waals surface area contributed by atoms with Gasteiger partial charge in [-0.05, 0) is 58.8 Å². The van der Waals surface area contributed by atoms with Gasteiger partial charge in [0, 0.05) is 14.8 Å². The Kier molecular flexibility index (Phi) is 5.43. The van der Waals surface area contributed by atoms with Crippen molar-refractivity contribution in [2.75, 3.05) is 5.32 Å². The molecule has 0 atom stereocenters. The summed E-state index contributed by atoms with van der Waals surface area (Å²) in [5.41, 5.74) is 2.59. The molecular formula is C16H15ClINO. The Labute approximate surface area is 137 Å². The van der Waals surface area contributed by atoms with Gasteiger partial charge in [0.05, 0.1) is 5.02 Å². The van der Waals surface area contributed by atoms with Gasteiger partial charge in [0.15, 0.2) is 0 Å². The predicted molar refractivity (Wildman–Crippen MR) is 92.6 cm³/mol. The first-order chi connectivity index (χ1) is 9.61. The maximum atomic E-state index is 12.3. The van der Waals surface area contributed by atoms with Gasteiger partial charge in [0.1, 0.15) is 0 Å². The average molecular weight is 400 g/mol. The number of para-hydroxylation sites is 1. The Morgan fingerprint density at radius 1 is 1.25 bits per heavy atom. The van der Waals surface area contributed by atoms with Crippen LogP contribution in [-0.2, 0) is 6.42 Å². The van der Waals surface area contributed by atoms with E-state index in [1.54, 1.807) is 12.1 Å². The smallest absolute Gasteiger partial charge is 0.255 e. The van der Waals surface area contributed by atoms with Gasteiger partial charge in [0.25, 0.3) is 5.91 Å². The van der Waals surface area contributed by atoms with Crippen LogP contribution in [0.15, 0.2) is 42.5 Å². The number of halogens is 2. The number of aryl methyl sites for hydroxylation is 1. The third-order valence-corrected chi connectivity index (χ3v) is 4.54. The molecule has 0 fully saturated rings. The van der Waals surface area contributed by atoms with Crippen molar-refractivity contribution in [2.24, 2.45) is 0 Å². The van der Waals surface area contributed by atoms with Crippen LogP contribution in [0.25, 0.3) is 0 Å². The topological polar surface area (TPSA) is 29.1 Å². The molecule has 0 spiro atoms. The lowest BCUT2D eigenvalue weighted by atomic mass is 10.1. The molecule has 0 radical (unpaired) electrons. The third kappa shape index (κ3) is 3.73. The SMILES string of the molecule is CCCc1ccccc1NC(=O)c1ccc(I)c(Cl)c1. The van der Waals surface area contributed by atoms with Crippen molar-refractivity contribution in [3.05, 3.63) is 62.2 Å². The molecule has 104 valence electrons. The first-order valence-corrected chi connectivity index (χ1v) is 7.91. The molecule has 4 heteroatoms. The van der Waals surface area contributed by atoms with E-state index in [1.165, 1.54) is 0 Å². The molecule has 2 aromatic rings. The Balaban J connectivity index is 2.21. The Hall–Kier alpha value is -1.07. The molecule has 0 aromatic heterocycles. The summed E-state index contributed by atoms with van der Waals surface area (Å²) in [6, 6.07) is 13.2. The molecule has 0 unspecified atom stereocenters. The Morgan fingerprint density at radius 2 is 2.00 bits per heavy atom. The van der Waals surface area contributed by atoms with Gasteiger partial charge in [-0.3, -0.25) is 4.79 Å².